The molecule has 2 aliphatic heterocycles. The normalized spacial score (nSPS) is 19.5. The maximum Gasteiger partial charge on any atom is 0.215 e. The molecule has 0 saturated carbocycles. The first kappa shape index (κ1) is 20.4. The van der Waals surface area contributed by atoms with Crippen LogP contribution in [-0.4, -0.2) is 16.8 Å². The van der Waals surface area contributed by atoms with E-state index in [4.69, 9.17) is 26.2 Å². The fraction of sp³-hybridized carbons (Fsp3) is 0.240. The van der Waals surface area contributed by atoms with E-state index in [1.54, 1.807) is 0 Å². The number of ether oxygens (including phenoxy) is 2. The Morgan fingerprint density at radius 3 is 2.58 bits per heavy atom. The number of fused-ring (bicyclic) bond motifs is 3. The molecule has 0 unspecified atom stereocenters. The highest BCUT2D eigenvalue weighted by Gasteiger charge is 2.41. The molecule has 0 fully saturated rings. The fourth-order valence-corrected chi connectivity index (χ4v) is 4.72. The highest BCUT2D eigenvalue weighted by Crippen LogP contribution is 2.49. The summed E-state index contributed by atoms with van der Waals surface area (Å²) in [6.45, 7) is 4.05. The maximum absolute atomic E-state index is 6.54. The molecule has 2 aliphatic rings. The van der Waals surface area contributed by atoms with E-state index in [1.807, 2.05) is 67.4 Å². The first-order valence-corrected chi connectivity index (χ1v) is 11.5. The Hall–Kier alpha value is -2.50. The lowest BCUT2D eigenvalue weighted by atomic mass is 9.96. The van der Waals surface area contributed by atoms with Crippen LogP contribution >= 0.6 is 27.5 Å². The van der Waals surface area contributed by atoms with Gasteiger partial charge in [0.2, 0.25) is 6.23 Å². The Morgan fingerprint density at radius 1 is 1.06 bits per heavy atom. The molecule has 0 bridgehead atoms. The second-order valence-electron chi connectivity index (χ2n) is 8.01. The molecular weight excluding hydrogens is 476 g/mol. The molecule has 0 amide bonds. The zero-order chi connectivity index (χ0) is 21.5. The van der Waals surface area contributed by atoms with E-state index in [-0.39, 0.29) is 18.4 Å². The van der Waals surface area contributed by atoms with Gasteiger partial charge in [-0.2, -0.15) is 5.10 Å². The summed E-state index contributed by atoms with van der Waals surface area (Å²) in [5, 5.41) is 7.73. The van der Waals surface area contributed by atoms with Gasteiger partial charge in [-0.05, 0) is 67.9 Å². The van der Waals surface area contributed by atoms with Crippen LogP contribution in [0, 0.1) is 0 Å². The standard InChI is InChI=1S/C25H22BrClN2O2/c1-15(2)30-18-10-7-16(8-11-18)22-14-23-20-13-17(26)9-12-24(20)31-25(29(23)28-22)19-5-3-4-6-21(19)27/h3-13,15,23,25H,14H2,1-2H3/t23-,25-/m1/s1. The van der Waals surface area contributed by atoms with Crippen LogP contribution < -0.4 is 9.47 Å². The summed E-state index contributed by atoms with van der Waals surface area (Å²) in [5.74, 6) is 1.73. The Balaban J connectivity index is 1.54. The van der Waals surface area contributed by atoms with E-state index in [0.29, 0.717) is 5.02 Å². The van der Waals surface area contributed by atoms with Gasteiger partial charge in [0.1, 0.15) is 11.5 Å². The van der Waals surface area contributed by atoms with Crippen LogP contribution in [-0.2, 0) is 0 Å². The van der Waals surface area contributed by atoms with Crippen LogP contribution in [0.15, 0.2) is 76.3 Å². The van der Waals surface area contributed by atoms with Crippen LogP contribution in [0.2, 0.25) is 5.02 Å². The zero-order valence-corrected chi connectivity index (χ0v) is 19.6. The minimum absolute atomic E-state index is 0.0733. The van der Waals surface area contributed by atoms with Gasteiger partial charge in [-0.15, -0.1) is 0 Å². The number of hydrazone groups is 1. The molecule has 31 heavy (non-hydrogen) atoms. The van der Waals surface area contributed by atoms with Crippen molar-refractivity contribution in [3.8, 4) is 11.5 Å². The lowest BCUT2D eigenvalue weighted by Gasteiger charge is -2.38. The van der Waals surface area contributed by atoms with E-state index in [0.717, 1.165) is 44.8 Å². The van der Waals surface area contributed by atoms with Crippen LogP contribution in [0.25, 0.3) is 0 Å². The second-order valence-corrected chi connectivity index (χ2v) is 9.33. The van der Waals surface area contributed by atoms with E-state index < -0.39 is 0 Å². The maximum atomic E-state index is 6.54. The number of halogens is 2. The van der Waals surface area contributed by atoms with Gasteiger partial charge in [0.15, 0.2) is 0 Å². The first-order chi connectivity index (χ1) is 15.0. The predicted molar refractivity (Wildman–Crippen MR) is 127 cm³/mol. The third-order valence-corrected chi connectivity index (χ3v) is 6.32. The molecule has 158 valence electrons. The quantitative estimate of drug-likeness (QED) is 0.384. The largest absolute Gasteiger partial charge is 0.491 e. The van der Waals surface area contributed by atoms with Crippen molar-refractivity contribution in [2.24, 2.45) is 5.10 Å². The van der Waals surface area contributed by atoms with Crippen molar-refractivity contribution in [2.45, 2.75) is 38.6 Å². The summed E-state index contributed by atoms with van der Waals surface area (Å²) < 4.78 is 13.2. The molecule has 5 rings (SSSR count). The molecule has 0 aromatic heterocycles. The molecule has 0 aliphatic carbocycles. The van der Waals surface area contributed by atoms with E-state index in [1.165, 1.54) is 0 Å². The molecule has 4 nitrogen and oxygen atoms in total. The topological polar surface area (TPSA) is 34.1 Å². The molecule has 2 atom stereocenters. The smallest absolute Gasteiger partial charge is 0.215 e. The van der Waals surface area contributed by atoms with Gasteiger partial charge in [0, 0.05) is 27.0 Å². The number of benzene rings is 3. The van der Waals surface area contributed by atoms with Crippen LogP contribution in [0.1, 0.15) is 49.2 Å². The van der Waals surface area contributed by atoms with E-state index >= 15 is 0 Å². The summed E-state index contributed by atoms with van der Waals surface area (Å²) in [4.78, 5) is 0. The average Bonchev–Trinajstić information content (AvgIpc) is 3.20. The average molecular weight is 498 g/mol. The number of hydrogen-bond acceptors (Lipinski definition) is 4. The second kappa shape index (κ2) is 8.21. The van der Waals surface area contributed by atoms with Gasteiger partial charge < -0.3 is 9.47 Å². The Bertz CT molecular complexity index is 1150. The lowest BCUT2D eigenvalue weighted by molar-refractivity contribution is -0.0190. The summed E-state index contributed by atoms with van der Waals surface area (Å²) in [7, 11) is 0. The summed E-state index contributed by atoms with van der Waals surface area (Å²) in [6.07, 6.45) is 0.554. The monoisotopic (exact) mass is 496 g/mol. The van der Waals surface area contributed by atoms with E-state index in [2.05, 4.69) is 34.1 Å². The van der Waals surface area contributed by atoms with Crippen molar-refractivity contribution in [1.82, 2.24) is 5.01 Å². The van der Waals surface area contributed by atoms with Crippen molar-refractivity contribution in [1.29, 1.82) is 0 Å². The summed E-state index contributed by atoms with van der Waals surface area (Å²) in [5.41, 5.74) is 4.14. The molecule has 0 saturated heterocycles. The highest BCUT2D eigenvalue weighted by atomic mass is 79.9. The van der Waals surface area contributed by atoms with Gasteiger partial charge in [0.05, 0.1) is 17.9 Å². The van der Waals surface area contributed by atoms with Gasteiger partial charge >= 0.3 is 0 Å². The van der Waals surface area contributed by atoms with Crippen molar-refractivity contribution in [3.63, 3.8) is 0 Å². The molecule has 2 heterocycles. The lowest BCUT2D eigenvalue weighted by Crippen LogP contribution is -2.33. The number of hydrogen-bond donors (Lipinski definition) is 0. The Morgan fingerprint density at radius 2 is 1.84 bits per heavy atom. The van der Waals surface area contributed by atoms with E-state index in [9.17, 15) is 0 Å². The van der Waals surface area contributed by atoms with Gasteiger partial charge in [-0.3, -0.25) is 0 Å². The first-order valence-electron chi connectivity index (χ1n) is 10.3. The molecule has 0 radical (unpaired) electrons. The minimum Gasteiger partial charge on any atom is -0.491 e. The fourth-order valence-electron chi connectivity index (χ4n) is 4.11. The zero-order valence-electron chi connectivity index (χ0n) is 17.3. The molecule has 3 aromatic rings. The van der Waals surface area contributed by atoms with Crippen LogP contribution in [0.4, 0.5) is 0 Å². The SMILES string of the molecule is CC(C)Oc1ccc(C2=NN3[C@H](C2)c2cc(Br)ccc2O[C@@H]3c2ccccc2Cl)cc1. The van der Waals surface area contributed by atoms with Crippen molar-refractivity contribution < 1.29 is 9.47 Å². The molecular formula is C25H22BrClN2O2. The minimum atomic E-state index is -0.381. The molecule has 0 N–H and O–H groups in total. The molecule has 0 spiro atoms. The van der Waals surface area contributed by atoms with Crippen molar-refractivity contribution in [3.05, 3.63) is 92.9 Å². The molecule has 3 aromatic carbocycles. The van der Waals surface area contributed by atoms with Crippen LogP contribution in [0.3, 0.4) is 0 Å². The number of rotatable bonds is 4. The van der Waals surface area contributed by atoms with Gasteiger partial charge in [-0.1, -0.05) is 45.7 Å². The van der Waals surface area contributed by atoms with Gasteiger partial charge in [-0.25, -0.2) is 5.01 Å². The summed E-state index contributed by atoms with van der Waals surface area (Å²) >= 11 is 10.1. The third-order valence-electron chi connectivity index (χ3n) is 5.48. The number of nitrogens with zero attached hydrogens (tertiary/aromatic N) is 2. The predicted octanol–water partition coefficient (Wildman–Crippen LogP) is 7.13. The van der Waals surface area contributed by atoms with Crippen LogP contribution in [0.5, 0.6) is 11.5 Å². The van der Waals surface area contributed by atoms with Gasteiger partial charge in [0.25, 0.3) is 0 Å². The van der Waals surface area contributed by atoms with Crippen molar-refractivity contribution >= 4 is 33.2 Å². The van der Waals surface area contributed by atoms with Crippen molar-refractivity contribution in [2.75, 3.05) is 0 Å². The molecule has 6 heteroatoms. The Labute approximate surface area is 195 Å². The Kier molecular flexibility index (Phi) is 5.40. The third kappa shape index (κ3) is 3.92. The highest BCUT2D eigenvalue weighted by molar-refractivity contribution is 9.10. The summed E-state index contributed by atoms with van der Waals surface area (Å²) in [6, 6.07) is 22.1.